The summed E-state index contributed by atoms with van der Waals surface area (Å²) < 4.78 is 10.8. The Bertz CT molecular complexity index is 482. The number of hydrogen-bond donors (Lipinski definition) is 2. The molecule has 2 rings (SSSR count). The fourth-order valence-electron chi connectivity index (χ4n) is 1.60. The van der Waals surface area contributed by atoms with E-state index < -0.39 is 13.7 Å². The van der Waals surface area contributed by atoms with Crippen molar-refractivity contribution in [3.63, 3.8) is 0 Å². The molecule has 0 saturated heterocycles. The third-order valence-corrected chi connectivity index (χ3v) is 3.49. The van der Waals surface area contributed by atoms with Crippen LogP contribution in [0.3, 0.4) is 0 Å². The molecule has 0 aliphatic carbocycles. The molecule has 92 valence electrons. The first-order valence-electron chi connectivity index (χ1n) is 4.97. The first kappa shape index (κ1) is 12.6. The number of nitrogens with zero attached hydrogens (tertiary/aromatic N) is 1. The van der Waals surface area contributed by atoms with Crippen molar-refractivity contribution in [3.8, 4) is 0 Å². The van der Waals surface area contributed by atoms with Gasteiger partial charge in [0.25, 0.3) is 0 Å². The average Bonchev–Trinajstić information content (AvgIpc) is 2.64. The smallest absolute Gasteiger partial charge is 0.329 e. The molecule has 1 aliphatic rings. The second kappa shape index (κ2) is 4.78. The van der Waals surface area contributed by atoms with Crippen molar-refractivity contribution >= 4 is 24.9 Å². The standard InChI is InChI=1S/C10H11ClNO4P/c11-8-3-1-7(2-4-8)10-5-9(16-12-10)6-17(13,14)15/h1-4,9H,5-6H2,(H2,13,14,15). The van der Waals surface area contributed by atoms with Gasteiger partial charge in [-0.25, -0.2) is 0 Å². The summed E-state index contributed by atoms with van der Waals surface area (Å²) in [4.78, 5) is 22.7. The fraction of sp³-hybridized carbons (Fsp3) is 0.300. The minimum Gasteiger partial charge on any atom is -0.391 e. The van der Waals surface area contributed by atoms with Gasteiger partial charge < -0.3 is 14.6 Å². The van der Waals surface area contributed by atoms with Crippen molar-refractivity contribution in [2.24, 2.45) is 5.16 Å². The average molecular weight is 276 g/mol. The van der Waals surface area contributed by atoms with Gasteiger partial charge in [-0.1, -0.05) is 28.9 Å². The molecule has 1 aromatic carbocycles. The maximum atomic E-state index is 10.8. The Morgan fingerprint density at radius 2 is 2.06 bits per heavy atom. The van der Waals surface area contributed by atoms with E-state index in [1.165, 1.54) is 0 Å². The predicted molar refractivity (Wildman–Crippen MR) is 64.4 cm³/mol. The van der Waals surface area contributed by atoms with E-state index in [1.54, 1.807) is 24.3 Å². The highest BCUT2D eigenvalue weighted by atomic mass is 35.5. The van der Waals surface area contributed by atoms with Gasteiger partial charge in [-0.15, -0.1) is 0 Å². The molecule has 5 nitrogen and oxygen atoms in total. The molecule has 1 atom stereocenters. The van der Waals surface area contributed by atoms with Crippen molar-refractivity contribution in [1.29, 1.82) is 0 Å². The lowest BCUT2D eigenvalue weighted by Gasteiger charge is -2.08. The molecule has 0 saturated carbocycles. The van der Waals surface area contributed by atoms with Crippen LogP contribution >= 0.6 is 19.2 Å². The van der Waals surface area contributed by atoms with Crippen LogP contribution in [-0.4, -0.2) is 27.8 Å². The summed E-state index contributed by atoms with van der Waals surface area (Å²) in [5, 5.41) is 4.46. The van der Waals surface area contributed by atoms with Crippen molar-refractivity contribution < 1.29 is 19.2 Å². The zero-order valence-electron chi connectivity index (χ0n) is 8.78. The number of oxime groups is 1. The summed E-state index contributed by atoms with van der Waals surface area (Å²) in [6.45, 7) is 0. The summed E-state index contributed by atoms with van der Waals surface area (Å²) >= 11 is 5.76. The molecule has 17 heavy (non-hydrogen) atoms. The molecular formula is C10H11ClNO4P. The third kappa shape index (κ3) is 3.54. The molecular weight excluding hydrogens is 265 g/mol. The maximum Gasteiger partial charge on any atom is 0.329 e. The van der Waals surface area contributed by atoms with Crippen LogP contribution in [0.2, 0.25) is 5.02 Å². The van der Waals surface area contributed by atoms with Crippen LogP contribution in [0, 0.1) is 0 Å². The van der Waals surface area contributed by atoms with Crippen LogP contribution in [0.1, 0.15) is 12.0 Å². The summed E-state index contributed by atoms with van der Waals surface area (Å²) in [5.41, 5.74) is 1.53. The Balaban J connectivity index is 2.02. The van der Waals surface area contributed by atoms with Crippen LogP contribution in [-0.2, 0) is 9.40 Å². The van der Waals surface area contributed by atoms with Gasteiger partial charge in [0.2, 0.25) is 0 Å². The maximum absolute atomic E-state index is 10.8. The van der Waals surface area contributed by atoms with Gasteiger partial charge in [0.05, 0.1) is 11.9 Å². The van der Waals surface area contributed by atoms with Crippen molar-refractivity contribution in [2.75, 3.05) is 6.16 Å². The molecule has 0 bridgehead atoms. The van der Waals surface area contributed by atoms with Crippen LogP contribution in [0.4, 0.5) is 0 Å². The number of halogens is 1. The topological polar surface area (TPSA) is 79.1 Å². The highest BCUT2D eigenvalue weighted by Gasteiger charge is 2.29. The van der Waals surface area contributed by atoms with Crippen LogP contribution in [0.15, 0.2) is 29.4 Å². The number of benzene rings is 1. The Labute approximate surface area is 103 Å². The molecule has 0 aromatic heterocycles. The zero-order valence-corrected chi connectivity index (χ0v) is 10.4. The van der Waals surface area contributed by atoms with E-state index in [-0.39, 0.29) is 6.16 Å². The SMILES string of the molecule is O=P(O)(O)CC1CC(c2ccc(Cl)cc2)=NO1. The Hall–Kier alpha value is -0.870. The lowest BCUT2D eigenvalue weighted by atomic mass is 10.1. The first-order valence-corrected chi connectivity index (χ1v) is 7.15. The first-order chi connectivity index (χ1) is 7.94. The van der Waals surface area contributed by atoms with E-state index in [0.717, 1.165) is 5.56 Å². The minimum absolute atomic E-state index is 0.312. The predicted octanol–water partition coefficient (Wildman–Crippen LogP) is 2.01. The molecule has 1 aliphatic heterocycles. The Kier molecular flexibility index (Phi) is 3.54. The van der Waals surface area contributed by atoms with Gasteiger partial charge in [0.15, 0.2) is 0 Å². The largest absolute Gasteiger partial charge is 0.391 e. The van der Waals surface area contributed by atoms with Gasteiger partial charge in [0, 0.05) is 11.4 Å². The van der Waals surface area contributed by atoms with Gasteiger partial charge in [-0.05, 0) is 17.7 Å². The molecule has 0 amide bonds. The van der Waals surface area contributed by atoms with Crippen LogP contribution in [0.25, 0.3) is 0 Å². The van der Waals surface area contributed by atoms with E-state index in [1.807, 2.05) is 0 Å². The molecule has 0 spiro atoms. The second-order valence-electron chi connectivity index (χ2n) is 3.82. The van der Waals surface area contributed by atoms with Crippen molar-refractivity contribution in [1.82, 2.24) is 0 Å². The van der Waals surface area contributed by atoms with Crippen LogP contribution in [0.5, 0.6) is 0 Å². The number of hydrogen-bond acceptors (Lipinski definition) is 3. The quantitative estimate of drug-likeness (QED) is 0.827. The van der Waals surface area contributed by atoms with E-state index in [2.05, 4.69) is 5.16 Å². The van der Waals surface area contributed by atoms with E-state index in [4.69, 9.17) is 26.2 Å². The van der Waals surface area contributed by atoms with Gasteiger partial charge in [-0.3, -0.25) is 4.57 Å². The van der Waals surface area contributed by atoms with Gasteiger partial charge in [-0.2, -0.15) is 0 Å². The summed E-state index contributed by atoms with van der Waals surface area (Å²) in [6, 6.07) is 7.06. The molecule has 1 heterocycles. The summed E-state index contributed by atoms with van der Waals surface area (Å²) in [5.74, 6) is 0. The lowest BCUT2D eigenvalue weighted by Crippen LogP contribution is -2.13. The summed E-state index contributed by atoms with van der Waals surface area (Å²) in [7, 11) is -4.06. The highest BCUT2D eigenvalue weighted by molar-refractivity contribution is 7.51. The van der Waals surface area contributed by atoms with Gasteiger partial charge >= 0.3 is 7.60 Å². The normalized spacial score (nSPS) is 19.9. The monoisotopic (exact) mass is 275 g/mol. The van der Waals surface area contributed by atoms with E-state index in [9.17, 15) is 4.57 Å². The Morgan fingerprint density at radius 3 is 2.65 bits per heavy atom. The fourth-order valence-corrected chi connectivity index (χ4v) is 2.46. The number of rotatable bonds is 3. The molecule has 7 heteroatoms. The van der Waals surface area contributed by atoms with Crippen LogP contribution < -0.4 is 0 Å². The summed E-state index contributed by atoms with van der Waals surface area (Å²) in [6.07, 6.45) is -0.470. The molecule has 0 fully saturated rings. The van der Waals surface area contributed by atoms with Gasteiger partial charge in [0.1, 0.15) is 6.10 Å². The highest BCUT2D eigenvalue weighted by Crippen LogP contribution is 2.37. The Morgan fingerprint density at radius 1 is 1.41 bits per heavy atom. The lowest BCUT2D eigenvalue weighted by molar-refractivity contribution is 0.0977. The second-order valence-corrected chi connectivity index (χ2v) is 5.95. The minimum atomic E-state index is -4.06. The van der Waals surface area contributed by atoms with E-state index >= 15 is 0 Å². The molecule has 2 N–H and O–H groups in total. The van der Waals surface area contributed by atoms with Crippen molar-refractivity contribution in [2.45, 2.75) is 12.5 Å². The molecule has 1 aromatic rings. The zero-order chi connectivity index (χ0) is 12.5. The van der Waals surface area contributed by atoms with E-state index in [0.29, 0.717) is 17.2 Å². The molecule has 1 unspecified atom stereocenters. The third-order valence-electron chi connectivity index (χ3n) is 2.35. The molecule has 0 radical (unpaired) electrons. The van der Waals surface area contributed by atoms with Crippen molar-refractivity contribution in [3.05, 3.63) is 34.9 Å².